The number of hydrogen-bond acceptors (Lipinski definition) is 0. The molecule has 1 aliphatic heterocycles. The summed E-state index contributed by atoms with van der Waals surface area (Å²) < 4.78 is 0. The monoisotopic (exact) mass is 354 g/mol. The van der Waals surface area contributed by atoms with Gasteiger partial charge in [0.05, 0.1) is 0 Å². The SMILES string of the molecule is CS1(C)C=CC=C1C1=Cc2cccc(-c3cccc4ccccc34)c2C1. The van der Waals surface area contributed by atoms with Crippen LogP contribution in [-0.2, 0) is 6.42 Å². The molecule has 26 heavy (non-hydrogen) atoms. The molecule has 0 nitrogen and oxygen atoms in total. The predicted octanol–water partition coefficient (Wildman–Crippen LogP) is 6.92. The van der Waals surface area contributed by atoms with Gasteiger partial charge in [-0.3, -0.25) is 0 Å². The van der Waals surface area contributed by atoms with Gasteiger partial charge in [0.2, 0.25) is 0 Å². The molecule has 0 fully saturated rings. The van der Waals surface area contributed by atoms with Crippen molar-refractivity contribution in [1.82, 2.24) is 0 Å². The van der Waals surface area contributed by atoms with Gasteiger partial charge in [0, 0.05) is 0 Å². The zero-order valence-electron chi connectivity index (χ0n) is 15.2. The Morgan fingerprint density at radius 1 is 0.808 bits per heavy atom. The van der Waals surface area contributed by atoms with Crippen LogP contribution in [0.4, 0.5) is 0 Å². The molecule has 1 aliphatic carbocycles. The molecule has 0 aromatic heterocycles. The lowest BCUT2D eigenvalue weighted by atomic mass is 9.92. The fourth-order valence-electron chi connectivity index (χ4n) is 4.25. The number of allylic oxidation sites excluding steroid dienone is 3. The second-order valence-electron chi connectivity index (χ2n) is 7.51. The Morgan fingerprint density at radius 3 is 2.42 bits per heavy atom. The van der Waals surface area contributed by atoms with Crippen molar-refractivity contribution in [1.29, 1.82) is 0 Å². The van der Waals surface area contributed by atoms with E-state index in [-0.39, 0.29) is 0 Å². The Kier molecular flexibility index (Phi) is 3.48. The van der Waals surface area contributed by atoms with Crippen LogP contribution in [-0.4, -0.2) is 12.5 Å². The van der Waals surface area contributed by atoms with E-state index in [1.165, 1.54) is 43.5 Å². The molecule has 0 spiro atoms. The zero-order chi connectivity index (χ0) is 17.7. The van der Waals surface area contributed by atoms with Gasteiger partial charge in [-0.2, -0.15) is 10.0 Å². The fraction of sp³-hybridized carbons (Fsp3) is 0.120. The van der Waals surface area contributed by atoms with E-state index in [0.29, 0.717) is 0 Å². The van der Waals surface area contributed by atoms with Crippen molar-refractivity contribution < 1.29 is 0 Å². The minimum atomic E-state index is -0.788. The molecule has 2 aliphatic rings. The first-order chi connectivity index (χ1) is 12.6. The molecule has 0 amide bonds. The molecule has 0 saturated heterocycles. The molecule has 5 rings (SSSR count). The molecule has 1 heteroatoms. The lowest BCUT2D eigenvalue weighted by Crippen LogP contribution is -1.97. The van der Waals surface area contributed by atoms with E-state index in [4.69, 9.17) is 0 Å². The average Bonchev–Trinajstić information content (AvgIpc) is 3.23. The summed E-state index contributed by atoms with van der Waals surface area (Å²) in [7, 11) is -0.788. The molecule has 0 N–H and O–H groups in total. The maximum absolute atomic E-state index is 2.41. The van der Waals surface area contributed by atoms with E-state index < -0.39 is 10.0 Å². The van der Waals surface area contributed by atoms with Crippen LogP contribution in [0.25, 0.3) is 28.0 Å². The van der Waals surface area contributed by atoms with Crippen molar-refractivity contribution in [2.75, 3.05) is 12.5 Å². The highest BCUT2D eigenvalue weighted by atomic mass is 32.3. The van der Waals surface area contributed by atoms with Gasteiger partial charge >= 0.3 is 0 Å². The summed E-state index contributed by atoms with van der Waals surface area (Å²) in [6.45, 7) is 0. The Bertz CT molecular complexity index is 1120. The molecule has 0 unspecified atom stereocenters. The van der Waals surface area contributed by atoms with Gasteiger partial charge in [-0.25, -0.2) is 0 Å². The summed E-state index contributed by atoms with van der Waals surface area (Å²) in [6, 6.07) is 22.1. The number of hydrogen-bond donors (Lipinski definition) is 0. The van der Waals surface area contributed by atoms with Crippen molar-refractivity contribution in [2.24, 2.45) is 0 Å². The molecule has 0 atom stereocenters. The summed E-state index contributed by atoms with van der Waals surface area (Å²) in [5, 5.41) is 5.03. The molecule has 0 bridgehead atoms. The van der Waals surface area contributed by atoms with E-state index in [1.807, 2.05) is 0 Å². The zero-order valence-corrected chi connectivity index (χ0v) is 16.0. The Balaban J connectivity index is 1.63. The standard InChI is InChI=1S/C25H22S/c1-26(2)15-7-14-25(26)20-16-19-10-6-13-23(24(19)17-20)22-12-5-9-18-8-3-4-11-21(18)22/h3-16H,17H2,1-2H3. The third kappa shape index (κ3) is 2.39. The van der Waals surface area contributed by atoms with Gasteiger partial charge in [-0.15, -0.1) is 0 Å². The van der Waals surface area contributed by atoms with Crippen LogP contribution in [0.3, 0.4) is 0 Å². The summed E-state index contributed by atoms with van der Waals surface area (Å²) in [5.41, 5.74) is 7.08. The van der Waals surface area contributed by atoms with Crippen LogP contribution in [0.2, 0.25) is 0 Å². The lowest BCUT2D eigenvalue weighted by molar-refractivity contribution is 1.24. The predicted molar refractivity (Wildman–Crippen MR) is 118 cm³/mol. The van der Waals surface area contributed by atoms with Gasteiger partial charge in [0.25, 0.3) is 0 Å². The van der Waals surface area contributed by atoms with E-state index in [9.17, 15) is 0 Å². The van der Waals surface area contributed by atoms with Crippen LogP contribution in [0, 0.1) is 0 Å². The molecular formula is C25H22S. The van der Waals surface area contributed by atoms with Gasteiger partial charge in [0.1, 0.15) is 0 Å². The first-order valence-corrected chi connectivity index (χ1v) is 11.6. The topological polar surface area (TPSA) is 0 Å². The van der Waals surface area contributed by atoms with Crippen LogP contribution < -0.4 is 0 Å². The summed E-state index contributed by atoms with van der Waals surface area (Å²) in [5.74, 6) is 0. The number of rotatable bonds is 2. The van der Waals surface area contributed by atoms with E-state index in [2.05, 4.69) is 96.8 Å². The minimum Gasteiger partial charge on any atom is -0.200 e. The van der Waals surface area contributed by atoms with Crippen molar-refractivity contribution in [3.8, 4) is 11.1 Å². The van der Waals surface area contributed by atoms with Crippen LogP contribution in [0.1, 0.15) is 11.1 Å². The molecule has 3 aromatic carbocycles. The highest BCUT2D eigenvalue weighted by molar-refractivity contribution is 8.38. The van der Waals surface area contributed by atoms with Crippen molar-refractivity contribution >= 4 is 26.9 Å². The molecular weight excluding hydrogens is 332 g/mol. The Hall–Kier alpha value is -2.51. The lowest BCUT2D eigenvalue weighted by Gasteiger charge is -2.28. The van der Waals surface area contributed by atoms with E-state index in [0.717, 1.165) is 6.42 Å². The summed E-state index contributed by atoms with van der Waals surface area (Å²) >= 11 is 0. The van der Waals surface area contributed by atoms with Crippen LogP contribution in [0.5, 0.6) is 0 Å². The maximum Gasteiger partial charge on any atom is -0.000279 e. The largest absolute Gasteiger partial charge is 0.200 e. The maximum atomic E-state index is 2.41. The molecule has 3 aromatic rings. The quantitative estimate of drug-likeness (QED) is 0.468. The second-order valence-corrected chi connectivity index (χ2v) is 11.0. The van der Waals surface area contributed by atoms with E-state index in [1.54, 1.807) is 0 Å². The number of benzene rings is 3. The Morgan fingerprint density at radius 2 is 1.58 bits per heavy atom. The minimum absolute atomic E-state index is 0.788. The van der Waals surface area contributed by atoms with Gasteiger partial charge in [-0.05, 0) is 73.9 Å². The van der Waals surface area contributed by atoms with Crippen molar-refractivity contribution in [2.45, 2.75) is 6.42 Å². The van der Waals surface area contributed by atoms with Crippen LogP contribution in [0.15, 0.2) is 88.7 Å². The molecule has 0 radical (unpaired) electrons. The highest BCUT2D eigenvalue weighted by Crippen LogP contribution is 2.58. The van der Waals surface area contributed by atoms with Gasteiger partial charge in [0.15, 0.2) is 0 Å². The second kappa shape index (κ2) is 5.75. The van der Waals surface area contributed by atoms with Crippen LogP contribution >= 0.6 is 10.0 Å². The van der Waals surface area contributed by atoms with E-state index >= 15 is 0 Å². The smallest absolute Gasteiger partial charge is 0.000279 e. The van der Waals surface area contributed by atoms with Gasteiger partial charge < -0.3 is 0 Å². The fourth-order valence-corrected chi connectivity index (χ4v) is 6.11. The molecule has 128 valence electrons. The highest BCUT2D eigenvalue weighted by Gasteiger charge is 2.26. The summed E-state index contributed by atoms with van der Waals surface area (Å²) in [6.07, 6.45) is 12.8. The Labute approximate surface area is 156 Å². The van der Waals surface area contributed by atoms with Crippen molar-refractivity contribution in [3.63, 3.8) is 0 Å². The van der Waals surface area contributed by atoms with Gasteiger partial charge in [-0.1, -0.05) is 72.8 Å². The van der Waals surface area contributed by atoms with Crippen molar-refractivity contribution in [3.05, 3.63) is 99.8 Å². The third-order valence-corrected chi connectivity index (χ3v) is 7.91. The molecule has 1 heterocycles. The average molecular weight is 355 g/mol. The number of fused-ring (bicyclic) bond motifs is 2. The normalized spacial score (nSPS) is 18.5. The first-order valence-electron chi connectivity index (χ1n) is 9.06. The first kappa shape index (κ1) is 15.7. The third-order valence-electron chi connectivity index (χ3n) is 5.54. The molecule has 0 saturated carbocycles. The summed E-state index contributed by atoms with van der Waals surface area (Å²) in [4.78, 5) is 1.54.